The number of hydrogen-bond donors (Lipinski definition) is 1. The number of carbonyl (C=O) groups excluding carboxylic acids is 1. The van der Waals surface area contributed by atoms with Gasteiger partial charge < -0.3 is 14.6 Å². The van der Waals surface area contributed by atoms with E-state index in [1.807, 2.05) is 0 Å². The van der Waals surface area contributed by atoms with Crippen molar-refractivity contribution in [1.29, 1.82) is 0 Å². The molecule has 0 fully saturated rings. The second kappa shape index (κ2) is 5.23. The highest BCUT2D eigenvalue weighted by atomic mass is 16.7. The number of ether oxygens (including phenoxy) is 2. The van der Waals surface area contributed by atoms with Crippen molar-refractivity contribution < 1.29 is 19.4 Å². The molecule has 15 heavy (non-hydrogen) atoms. The first-order valence-electron chi connectivity index (χ1n) is 4.49. The molecule has 0 amide bonds. The number of terminal acetylenes is 1. The van der Waals surface area contributed by atoms with Crippen LogP contribution in [0.15, 0.2) is 24.5 Å². The van der Waals surface area contributed by atoms with E-state index in [1.165, 1.54) is 0 Å². The summed E-state index contributed by atoms with van der Waals surface area (Å²) in [5, 5.41) is 9.44. The Hall–Kier alpha value is -1.73. The van der Waals surface area contributed by atoms with Gasteiger partial charge in [-0.3, -0.25) is 0 Å². The lowest BCUT2D eigenvalue weighted by Crippen LogP contribution is -2.26. The van der Waals surface area contributed by atoms with Crippen molar-refractivity contribution in [2.24, 2.45) is 0 Å². The van der Waals surface area contributed by atoms with Gasteiger partial charge in [0.2, 0.25) is 0 Å². The zero-order chi connectivity index (χ0) is 11.3. The molecule has 0 unspecified atom stereocenters. The molecule has 0 aromatic rings. The fraction of sp³-hybridized carbons (Fsp3) is 0.364. The second-order valence-electron chi connectivity index (χ2n) is 3.12. The van der Waals surface area contributed by atoms with Gasteiger partial charge in [-0.05, 0) is 6.08 Å². The molecule has 4 nitrogen and oxygen atoms in total. The van der Waals surface area contributed by atoms with Crippen LogP contribution >= 0.6 is 0 Å². The maximum atomic E-state index is 10.9. The number of aliphatic hydroxyl groups is 1. The van der Waals surface area contributed by atoms with Crippen LogP contribution in [0.2, 0.25) is 0 Å². The quantitative estimate of drug-likeness (QED) is 0.423. The summed E-state index contributed by atoms with van der Waals surface area (Å²) in [5.74, 6) is 2.42. The number of carbonyl (C=O) groups is 1. The summed E-state index contributed by atoms with van der Waals surface area (Å²) in [5.41, 5.74) is 0.630. The molecule has 80 valence electrons. The summed E-state index contributed by atoms with van der Waals surface area (Å²) < 4.78 is 9.26. The van der Waals surface area contributed by atoms with Crippen LogP contribution in [0.4, 0.5) is 4.79 Å². The van der Waals surface area contributed by atoms with Crippen molar-refractivity contribution in [1.82, 2.24) is 0 Å². The molecule has 1 N–H and O–H groups in total. The highest BCUT2D eigenvalue weighted by Gasteiger charge is 2.23. The molecule has 1 rings (SSSR count). The minimum absolute atomic E-state index is 0.331. The summed E-state index contributed by atoms with van der Waals surface area (Å²) >= 11 is 0. The largest absolute Gasteiger partial charge is 0.513 e. The fourth-order valence-electron chi connectivity index (χ4n) is 1.37. The van der Waals surface area contributed by atoms with Crippen LogP contribution in [0.5, 0.6) is 0 Å². The van der Waals surface area contributed by atoms with E-state index in [9.17, 15) is 9.90 Å². The Labute approximate surface area is 88.2 Å². The standard InChI is InChI=1S/C11H12O4/c1-3-8-5-9(12)7-10(6-8)15-11(13)14-4-2/h1,4,6,9-10,12H,2,5,7H2/t9-,10-/m1/s1. The van der Waals surface area contributed by atoms with E-state index in [1.54, 1.807) is 6.08 Å². The molecular weight excluding hydrogens is 196 g/mol. The molecule has 0 saturated carbocycles. The van der Waals surface area contributed by atoms with Gasteiger partial charge in [0.1, 0.15) is 6.10 Å². The molecule has 0 saturated heterocycles. The van der Waals surface area contributed by atoms with Gasteiger partial charge in [0, 0.05) is 18.4 Å². The molecule has 0 aliphatic heterocycles. The Morgan fingerprint density at radius 1 is 1.80 bits per heavy atom. The van der Waals surface area contributed by atoms with E-state index >= 15 is 0 Å². The van der Waals surface area contributed by atoms with Crippen molar-refractivity contribution in [2.75, 3.05) is 0 Å². The topological polar surface area (TPSA) is 55.8 Å². The first kappa shape index (κ1) is 11.3. The average Bonchev–Trinajstić information content (AvgIpc) is 2.17. The van der Waals surface area contributed by atoms with Gasteiger partial charge in [0.15, 0.2) is 0 Å². The first-order valence-corrected chi connectivity index (χ1v) is 4.49. The Morgan fingerprint density at radius 3 is 3.13 bits per heavy atom. The Bertz CT molecular complexity index is 324. The Morgan fingerprint density at radius 2 is 2.53 bits per heavy atom. The van der Waals surface area contributed by atoms with Gasteiger partial charge in [-0.1, -0.05) is 12.5 Å². The third-order valence-corrected chi connectivity index (χ3v) is 1.96. The average molecular weight is 208 g/mol. The van der Waals surface area contributed by atoms with E-state index in [4.69, 9.17) is 11.2 Å². The third-order valence-electron chi connectivity index (χ3n) is 1.96. The van der Waals surface area contributed by atoms with Crippen molar-refractivity contribution >= 4 is 6.16 Å². The SMILES string of the molecule is C#CC1=C[C@@H](OC(=O)OC=C)C[C@H](O)C1. The Balaban J connectivity index is 2.59. The molecule has 1 aliphatic carbocycles. The molecule has 0 aromatic carbocycles. The molecule has 1 aliphatic rings. The van der Waals surface area contributed by atoms with E-state index in [0.717, 1.165) is 6.26 Å². The van der Waals surface area contributed by atoms with Gasteiger partial charge in [-0.2, -0.15) is 0 Å². The molecule has 4 heteroatoms. The maximum absolute atomic E-state index is 10.9. The van der Waals surface area contributed by atoms with Crippen LogP contribution in [0.1, 0.15) is 12.8 Å². The van der Waals surface area contributed by atoms with Crippen LogP contribution in [0.25, 0.3) is 0 Å². The highest BCUT2D eigenvalue weighted by molar-refractivity contribution is 5.61. The molecule has 0 heterocycles. The summed E-state index contributed by atoms with van der Waals surface area (Å²) in [6.07, 6.45) is 6.60. The molecule has 0 bridgehead atoms. The van der Waals surface area contributed by atoms with Gasteiger partial charge in [-0.25, -0.2) is 4.79 Å². The number of hydrogen-bond acceptors (Lipinski definition) is 4. The zero-order valence-corrected chi connectivity index (χ0v) is 8.18. The van der Waals surface area contributed by atoms with Crippen molar-refractivity contribution in [3.8, 4) is 12.3 Å². The van der Waals surface area contributed by atoms with E-state index in [0.29, 0.717) is 18.4 Å². The zero-order valence-electron chi connectivity index (χ0n) is 8.18. The predicted octanol–water partition coefficient (Wildman–Crippen LogP) is 1.37. The first-order chi connectivity index (χ1) is 7.15. The number of aliphatic hydroxyl groups excluding tert-OH is 1. The summed E-state index contributed by atoms with van der Waals surface area (Å²) in [6, 6.07) is 0. The molecule has 0 spiro atoms. The monoisotopic (exact) mass is 208 g/mol. The van der Waals surface area contributed by atoms with Gasteiger partial charge >= 0.3 is 6.16 Å². The van der Waals surface area contributed by atoms with Crippen molar-refractivity contribution in [2.45, 2.75) is 25.0 Å². The summed E-state index contributed by atoms with van der Waals surface area (Å²) in [6.45, 7) is 3.22. The Kier molecular flexibility index (Phi) is 3.95. The lowest BCUT2D eigenvalue weighted by Gasteiger charge is -2.22. The lowest BCUT2D eigenvalue weighted by atomic mass is 9.95. The predicted molar refractivity (Wildman–Crippen MR) is 53.7 cm³/mol. The van der Waals surface area contributed by atoms with Crippen molar-refractivity contribution in [3.05, 3.63) is 24.5 Å². The molecular formula is C11H12O4. The number of rotatable bonds is 2. The summed E-state index contributed by atoms with van der Waals surface area (Å²) in [7, 11) is 0. The molecule has 0 aromatic heterocycles. The molecule has 0 radical (unpaired) electrons. The normalized spacial score (nSPS) is 24.7. The van der Waals surface area contributed by atoms with Crippen LogP contribution in [-0.2, 0) is 9.47 Å². The maximum Gasteiger partial charge on any atom is 0.513 e. The lowest BCUT2D eigenvalue weighted by molar-refractivity contribution is 0.0351. The summed E-state index contributed by atoms with van der Waals surface area (Å²) in [4.78, 5) is 10.9. The minimum atomic E-state index is -0.850. The second-order valence-corrected chi connectivity index (χ2v) is 3.12. The smallest absolute Gasteiger partial charge is 0.426 e. The van der Waals surface area contributed by atoms with Crippen LogP contribution in [0, 0.1) is 12.3 Å². The van der Waals surface area contributed by atoms with Gasteiger partial charge in [0.05, 0.1) is 12.4 Å². The highest BCUT2D eigenvalue weighted by Crippen LogP contribution is 2.20. The van der Waals surface area contributed by atoms with Crippen molar-refractivity contribution in [3.63, 3.8) is 0 Å². The minimum Gasteiger partial charge on any atom is -0.426 e. The van der Waals surface area contributed by atoms with E-state index in [2.05, 4.69) is 17.2 Å². The van der Waals surface area contributed by atoms with E-state index < -0.39 is 18.4 Å². The third kappa shape index (κ3) is 3.49. The van der Waals surface area contributed by atoms with E-state index in [-0.39, 0.29) is 0 Å². The van der Waals surface area contributed by atoms with Gasteiger partial charge in [0.25, 0.3) is 0 Å². The van der Waals surface area contributed by atoms with Crippen LogP contribution in [-0.4, -0.2) is 23.5 Å². The molecule has 2 atom stereocenters. The van der Waals surface area contributed by atoms with Crippen LogP contribution < -0.4 is 0 Å². The fourth-order valence-corrected chi connectivity index (χ4v) is 1.37. The van der Waals surface area contributed by atoms with Gasteiger partial charge in [-0.15, -0.1) is 6.42 Å². The van der Waals surface area contributed by atoms with Crippen LogP contribution in [0.3, 0.4) is 0 Å².